The number of carbonyl (C=O) groups is 1. The molecule has 0 radical (unpaired) electrons. The number of nitrogens with one attached hydrogen (secondary N) is 1. The molecule has 2 heterocycles. The lowest BCUT2D eigenvalue weighted by molar-refractivity contribution is 0.0735. The van der Waals surface area contributed by atoms with E-state index in [1.54, 1.807) is 42.5 Å². The Hall–Kier alpha value is -2.93. The van der Waals surface area contributed by atoms with E-state index in [0.29, 0.717) is 22.8 Å². The van der Waals surface area contributed by atoms with Crippen molar-refractivity contribution in [3.05, 3.63) is 65.1 Å². The van der Waals surface area contributed by atoms with Crippen molar-refractivity contribution in [2.75, 3.05) is 18.9 Å². The molecule has 0 fully saturated rings. The number of anilines is 1. The minimum absolute atomic E-state index is 0.0211. The van der Waals surface area contributed by atoms with E-state index in [4.69, 9.17) is 11.6 Å². The minimum Gasteiger partial charge on any atom is -0.368 e. The summed E-state index contributed by atoms with van der Waals surface area (Å²) in [5.74, 6) is 0.657. The lowest BCUT2D eigenvalue weighted by atomic mass is 10.1. The van der Waals surface area contributed by atoms with Crippen LogP contribution in [0.15, 0.2) is 48.8 Å². The van der Waals surface area contributed by atoms with Crippen molar-refractivity contribution < 1.29 is 4.79 Å². The summed E-state index contributed by atoms with van der Waals surface area (Å²) < 4.78 is 0. The van der Waals surface area contributed by atoms with Crippen LogP contribution < -0.4 is 5.32 Å². The first-order chi connectivity index (χ1) is 13.5. The zero-order valence-electron chi connectivity index (χ0n) is 16.1. The molecule has 2 aromatic heterocycles. The third kappa shape index (κ3) is 4.48. The van der Waals surface area contributed by atoms with E-state index in [0.717, 1.165) is 17.9 Å². The van der Waals surface area contributed by atoms with Gasteiger partial charge in [0.2, 0.25) is 0 Å². The van der Waals surface area contributed by atoms with Gasteiger partial charge in [-0.1, -0.05) is 24.6 Å². The Morgan fingerprint density at radius 3 is 2.68 bits per heavy atom. The van der Waals surface area contributed by atoms with Crippen molar-refractivity contribution >= 4 is 23.3 Å². The molecule has 0 unspecified atom stereocenters. The van der Waals surface area contributed by atoms with Gasteiger partial charge < -0.3 is 10.2 Å². The number of likely N-dealkylation sites (N-methyl/N-ethyl adjacent to an activating group) is 1. The second-order valence-electron chi connectivity index (χ2n) is 6.50. The summed E-state index contributed by atoms with van der Waals surface area (Å²) in [7, 11) is 1.79. The van der Waals surface area contributed by atoms with Crippen LogP contribution in [0, 0.1) is 6.92 Å². The number of amides is 1. The van der Waals surface area contributed by atoms with Crippen LogP contribution in [0.2, 0.25) is 5.02 Å². The van der Waals surface area contributed by atoms with Gasteiger partial charge >= 0.3 is 0 Å². The van der Waals surface area contributed by atoms with Crippen molar-refractivity contribution in [1.82, 2.24) is 24.9 Å². The van der Waals surface area contributed by atoms with Crippen LogP contribution >= 0.6 is 11.6 Å². The number of nitrogens with zero attached hydrogens (tertiary/aromatic N) is 5. The van der Waals surface area contributed by atoms with Gasteiger partial charge in [-0.15, -0.1) is 0 Å². The van der Waals surface area contributed by atoms with Gasteiger partial charge in [-0.3, -0.25) is 4.79 Å². The summed E-state index contributed by atoms with van der Waals surface area (Å²) in [5, 5.41) is 12.1. The Morgan fingerprint density at radius 2 is 2.00 bits per heavy atom. The summed E-state index contributed by atoms with van der Waals surface area (Å²) in [4.78, 5) is 20.8. The molecule has 3 rings (SSSR count). The van der Waals surface area contributed by atoms with Crippen LogP contribution in [-0.4, -0.2) is 50.4 Å². The van der Waals surface area contributed by atoms with E-state index < -0.39 is 0 Å². The van der Waals surface area contributed by atoms with Gasteiger partial charge in [0.25, 0.3) is 5.91 Å². The van der Waals surface area contributed by atoms with Gasteiger partial charge in [0.05, 0.1) is 23.6 Å². The quantitative estimate of drug-likeness (QED) is 0.658. The molecule has 0 spiro atoms. The first-order valence-electron chi connectivity index (χ1n) is 9.10. The summed E-state index contributed by atoms with van der Waals surface area (Å²) in [6.07, 6.45) is 3.93. The van der Waals surface area contributed by atoms with Crippen LogP contribution in [-0.2, 0) is 0 Å². The Labute approximate surface area is 169 Å². The topological polar surface area (TPSA) is 75.9 Å². The van der Waals surface area contributed by atoms with Crippen molar-refractivity contribution in [3.8, 4) is 5.69 Å². The number of aryl methyl sites for hydroxylation is 1. The number of benzene rings is 1. The Bertz CT molecular complexity index is 944. The van der Waals surface area contributed by atoms with Gasteiger partial charge in [0.1, 0.15) is 5.82 Å². The SMILES string of the molecule is CC[C@@H](CNc1cccc(C)n1)N(C)C(=O)c1cc(Cl)ccc1-n1nccn1. The third-order valence-electron chi connectivity index (χ3n) is 4.57. The molecule has 0 bridgehead atoms. The van der Waals surface area contributed by atoms with Crippen LogP contribution in [0.25, 0.3) is 5.69 Å². The molecule has 0 aliphatic rings. The van der Waals surface area contributed by atoms with Gasteiger partial charge in [-0.25, -0.2) is 4.98 Å². The molecule has 1 amide bonds. The number of carbonyl (C=O) groups excluding carboxylic acids is 1. The fraction of sp³-hybridized carbons (Fsp3) is 0.300. The van der Waals surface area contributed by atoms with Gasteiger partial charge in [0, 0.05) is 30.4 Å². The van der Waals surface area contributed by atoms with Gasteiger partial charge in [-0.05, 0) is 43.7 Å². The predicted molar refractivity (Wildman–Crippen MR) is 110 cm³/mol. The maximum Gasteiger partial charge on any atom is 0.256 e. The normalized spacial score (nSPS) is 11.9. The highest BCUT2D eigenvalue weighted by molar-refractivity contribution is 6.31. The highest BCUT2D eigenvalue weighted by Gasteiger charge is 2.23. The molecule has 8 heteroatoms. The maximum absolute atomic E-state index is 13.2. The summed E-state index contributed by atoms with van der Waals surface area (Å²) in [6.45, 7) is 4.58. The van der Waals surface area contributed by atoms with Crippen molar-refractivity contribution in [2.45, 2.75) is 26.3 Å². The van der Waals surface area contributed by atoms with Crippen LogP contribution in [0.3, 0.4) is 0 Å². The third-order valence-corrected chi connectivity index (χ3v) is 4.80. The average Bonchev–Trinajstić information content (AvgIpc) is 3.22. The predicted octanol–water partition coefficient (Wildman–Crippen LogP) is 3.59. The van der Waals surface area contributed by atoms with E-state index in [1.807, 2.05) is 32.0 Å². The number of pyridine rings is 1. The molecule has 1 aromatic carbocycles. The second-order valence-corrected chi connectivity index (χ2v) is 6.94. The lowest BCUT2D eigenvalue weighted by Crippen LogP contribution is -2.41. The van der Waals surface area contributed by atoms with Crippen LogP contribution in [0.5, 0.6) is 0 Å². The summed E-state index contributed by atoms with van der Waals surface area (Å²) >= 11 is 6.16. The molecule has 0 saturated heterocycles. The average molecular weight is 399 g/mol. The minimum atomic E-state index is -0.138. The Kier molecular flexibility index (Phi) is 6.26. The van der Waals surface area contributed by atoms with Crippen molar-refractivity contribution in [2.24, 2.45) is 0 Å². The maximum atomic E-state index is 13.2. The monoisotopic (exact) mass is 398 g/mol. The van der Waals surface area contributed by atoms with E-state index in [2.05, 4.69) is 20.5 Å². The molecule has 28 heavy (non-hydrogen) atoms. The number of halogens is 1. The molecular formula is C20H23ClN6O. The number of rotatable bonds is 7. The van der Waals surface area contributed by atoms with Gasteiger partial charge in [0.15, 0.2) is 0 Å². The molecule has 3 aromatic rings. The Balaban J connectivity index is 1.80. The molecule has 0 aliphatic heterocycles. The largest absolute Gasteiger partial charge is 0.368 e. The zero-order chi connectivity index (χ0) is 20.1. The molecule has 0 saturated carbocycles. The fourth-order valence-electron chi connectivity index (χ4n) is 2.97. The highest BCUT2D eigenvalue weighted by atomic mass is 35.5. The van der Waals surface area contributed by atoms with Crippen molar-refractivity contribution in [1.29, 1.82) is 0 Å². The Morgan fingerprint density at radius 1 is 1.25 bits per heavy atom. The zero-order valence-corrected chi connectivity index (χ0v) is 16.9. The van der Waals surface area contributed by atoms with Crippen LogP contribution in [0.4, 0.5) is 5.82 Å². The second kappa shape index (κ2) is 8.84. The molecular weight excluding hydrogens is 376 g/mol. The molecule has 0 aliphatic carbocycles. The van der Waals surface area contributed by atoms with E-state index in [9.17, 15) is 4.79 Å². The standard InChI is InChI=1S/C20H23ClN6O/c1-4-16(13-22-19-7-5-6-14(2)25-19)26(3)20(28)17-12-15(21)8-9-18(17)27-23-10-11-24-27/h5-12,16H,4,13H2,1-3H3,(H,22,25)/t16-/m0/s1. The summed E-state index contributed by atoms with van der Waals surface area (Å²) in [6, 6.07) is 10.9. The highest BCUT2D eigenvalue weighted by Crippen LogP contribution is 2.21. The van der Waals surface area contributed by atoms with E-state index in [-0.39, 0.29) is 11.9 Å². The first kappa shape index (κ1) is 19.8. The molecule has 1 atom stereocenters. The van der Waals surface area contributed by atoms with Crippen molar-refractivity contribution in [3.63, 3.8) is 0 Å². The number of hydrogen-bond acceptors (Lipinski definition) is 5. The fourth-order valence-corrected chi connectivity index (χ4v) is 3.14. The number of hydrogen-bond donors (Lipinski definition) is 1. The molecule has 7 nitrogen and oxygen atoms in total. The first-order valence-corrected chi connectivity index (χ1v) is 9.48. The molecule has 146 valence electrons. The summed E-state index contributed by atoms with van der Waals surface area (Å²) in [5.41, 5.74) is 1.99. The van der Waals surface area contributed by atoms with Gasteiger partial charge in [-0.2, -0.15) is 15.0 Å². The lowest BCUT2D eigenvalue weighted by Gasteiger charge is -2.28. The molecule has 1 N–H and O–H groups in total. The van der Waals surface area contributed by atoms with E-state index in [1.165, 1.54) is 4.80 Å². The van der Waals surface area contributed by atoms with Crippen LogP contribution in [0.1, 0.15) is 29.4 Å². The smallest absolute Gasteiger partial charge is 0.256 e. The van der Waals surface area contributed by atoms with E-state index >= 15 is 0 Å². The number of aromatic nitrogens is 4.